The first-order valence-electron chi connectivity index (χ1n) is 4.73. The molecule has 14 heavy (non-hydrogen) atoms. The van der Waals surface area contributed by atoms with E-state index in [0.717, 1.165) is 0 Å². The van der Waals surface area contributed by atoms with Gasteiger partial charge in [0.05, 0.1) is 6.61 Å². The quantitative estimate of drug-likeness (QED) is 0.478. The molecule has 1 amide bonds. The van der Waals surface area contributed by atoms with Gasteiger partial charge in [0.25, 0.3) is 0 Å². The van der Waals surface area contributed by atoms with Crippen LogP contribution in [0.15, 0.2) is 0 Å². The van der Waals surface area contributed by atoms with Crippen molar-refractivity contribution in [2.75, 3.05) is 19.8 Å². The maximum Gasteiger partial charge on any atom is 0.242 e. The van der Waals surface area contributed by atoms with E-state index in [1.54, 1.807) is 6.92 Å². The summed E-state index contributed by atoms with van der Waals surface area (Å²) in [6.07, 6.45) is 1.26. The number of rotatable bonds is 3. The third kappa shape index (κ3) is 2.72. The van der Waals surface area contributed by atoms with Crippen molar-refractivity contribution in [1.29, 1.82) is 0 Å². The lowest BCUT2D eigenvalue weighted by Gasteiger charge is -2.20. The SMILES string of the molecule is CC#CCCNC(=O)C1(N)CCOC1. The Morgan fingerprint density at radius 2 is 2.50 bits per heavy atom. The molecule has 0 saturated carbocycles. The lowest BCUT2D eigenvalue weighted by atomic mass is 9.99. The van der Waals surface area contributed by atoms with Crippen molar-refractivity contribution in [1.82, 2.24) is 5.32 Å². The van der Waals surface area contributed by atoms with Crippen LogP contribution >= 0.6 is 0 Å². The van der Waals surface area contributed by atoms with E-state index >= 15 is 0 Å². The van der Waals surface area contributed by atoms with Crippen molar-refractivity contribution in [3.8, 4) is 11.8 Å². The minimum absolute atomic E-state index is 0.132. The number of hydrogen-bond donors (Lipinski definition) is 2. The van der Waals surface area contributed by atoms with Gasteiger partial charge in [0.15, 0.2) is 0 Å². The summed E-state index contributed by atoms with van der Waals surface area (Å²) in [4.78, 5) is 11.6. The van der Waals surface area contributed by atoms with Crippen LogP contribution in [0.4, 0.5) is 0 Å². The molecule has 3 N–H and O–H groups in total. The number of carbonyl (C=O) groups is 1. The molecule has 0 spiro atoms. The van der Waals surface area contributed by atoms with Gasteiger partial charge in [-0.2, -0.15) is 0 Å². The van der Waals surface area contributed by atoms with E-state index in [0.29, 0.717) is 32.6 Å². The second-order valence-electron chi connectivity index (χ2n) is 3.39. The number of amides is 1. The molecule has 1 saturated heterocycles. The van der Waals surface area contributed by atoms with Gasteiger partial charge in [0, 0.05) is 19.6 Å². The summed E-state index contributed by atoms with van der Waals surface area (Å²) in [5.74, 6) is 5.50. The van der Waals surface area contributed by atoms with Gasteiger partial charge in [-0.3, -0.25) is 4.79 Å². The van der Waals surface area contributed by atoms with Gasteiger partial charge in [-0.15, -0.1) is 11.8 Å². The minimum atomic E-state index is -0.820. The molecule has 0 aromatic rings. The molecule has 1 atom stereocenters. The van der Waals surface area contributed by atoms with Crippen molar-refractivity contribution in [2.45, 2.75) is 25.3 Å². The van der Waals surface area contributed by atoms with E-state index in [4.69, 9.17) is 10.5 Å². The average Bonchev–Trinajstić information content (AvgIpc) is 2.61. The maximum atomic E-state index is 11.6. The Balaban J connectivity index is 2.29. The number of nitrogens with one attached hydrogen (secondary N) is 1. The lowest BCUT2D eigenvalue weighted by molar-refractivity contribution is -0.126. The minimum Gasteiger partial charge on any atom is -0.379 e. The smallest absolute Gasteiger partial charge is 0.242 e. The highest BCUT2D eigenvalue weighted by Gasteiger charge is 2.37. The zero-order valence-electron chi connectivity index (χ0n) is 8.43. The van der Waals surface area contributed by atoms with Crippen molar-refractivity contribution in [3.05, 3.63) is 0 Å². The first-order valence-corrected chi connectivity index (χ1v) is 4.73. The van der Waals surface area contributed by atoms with E-state index in [1.165, 1.54) is 0 Å². The second-order valence-corrected chi connectivity index (χ2v) is 3.39. The second kappa shape index (κ2) is 4.99. The Labute approximate surface area is 84.2 Å². The van der Waals surface area contributed by atoms with Crippen LogP contribution in [0, 0.1) is 11.8 Å². The highest BCUT2D eigenvalue weighted by molar-refractivity contribution is 5.86. The van der Waals surface area contributed by atoms with Gasteiger partial charge < -0.3 is 15.8 Å². The molecule has 1 unspecified atom stereocenters. The summed E-state index contributed by atoms with van der Waals surface area (Å²) in [5, 5.41) is 2.75. The van der Waals surface area contributed by atoms with Crippen molar-refractivity contribution >= 4 is 5.91 Å². The molecule has 78 valence electrons. The van der Waals surface area contributed by atoms with E-state index < -0.39 is 5.54 Å². The third-order valence-electron chi connectivity index (χ3n) is 2.22. The molecule has 4 nitrogen and oxygen atoms in total. The molecule has 1 fully saturated rings. The topological polar surface area (TPSA) is 64.4 Å². The zero-order valence-corrected chi connectivity index (χ0v) is 8.43. The van der Waals surface area contributed by atoms with Gasteiger partial charge in [0.2, 0.25) is 5.91 Å². The van der Waals surface area contributed by atoms with Crippen LogP contribution in [0.3, 0.4) is 0 Å². The Bertz CT molecular complexity index is 259. The third-order valence-corrected chi connectivity index (χ3v) is 2.22. The van der Waals surface area contributed by atoms with E-state index in [-0.39, 0.29) is 5.91 Å². The van der Waals surface area contributed by atoms with Crippen LogP contribution in [0.1, 0.15) is 19.8 Å². The maximum absolute atomic E-state index is 11.6. The van der Waals surface area contributed by atoms with Crippen LogP contribution < -0.4 is 11.1 Å². The molecule has 4 heteroatoms. The highest BCUT2D eigenvalue weighted by atomic mass is 16.5. The molecule has 0 aromatic carbocycles. The number of carbonyl (C=O) groups excluding carboxylic acids is 1. The van der Waals surface area contributed by atoms with E-state index in [1.807, 2.05) is 0 Å². The van der Waals surface area contributed by atoms with Gasteiger partial charge in [-0.1, -0.05) is 0 Å². The normalized spacial score (nSPS) is 25.3. The molecule has 0 radical (unpaired) electrons. The number of ether oxygens (including phenoxy) is 1. The van der Waals surface area contributed by atoms with Gasteiger partial charge in [0.1, 0.15) is 5.54 Å². The molecule has 1 rings (SSSR count). The van der Waals surface area contributed by atoms with Crippen LogP contribution in [0.2, 0.25) is 0 Å². The summed E-state index contributed by atoms with van der Waals surface area (Å²) in [7, 11) is 0. The summed E-state index contributed by atoms with van der Waals surface area (Å²) in [6, 6.07) is 0. The fraction of sp³-hybridized carbons (Fsp3) is 0.700. The van der Waals surface area contributed by atoms with Crippen LogP contribution in [-0.2, 0) is 9.53 Å². The van der Waals surface area contributed by atoms with Gasteiger partial charge >= 0.3 is 0 Å². The Kier molecular flexibility index (Phi) is 3.93. The van der Waals surface area contributed by atoms with E-state index in [9.17, 15) is 4.79 Å². The standard InChI is InChI=1S/C10H16N2O2/c1-2-3-4-6-12-9(13)10(11)5-7-14-8-10/h4-8,11H2,1H3,(H,12,13). The molecular weight excluding hydrogens is 180 g/mol. The van der Waals surface area contributed by atoms with Crippen molar-refractivity contribution in [3.63, 3.8) is 0 Å². The summed E-state index contributed by atoms with van der Waals surface area (Å²) in [5.41, 5.74) is 5.02. The Morgan fingerprint density at radius 1 is 1.71 bits per heavy atom. The van der Waals surface area contributed by atoms with Crippen molar-refractivity contribution in [2.24, 2.45) is 5.73 Å². The largest absolute Gasteiger partial charge is 0.379 e. The van der Waals surface area contributed by atoms with Gasteiger partial charge in [-0.25, -0.2) is 0 Å². The Morgan fingerprint density at radius 3 is 3.07 bits per heavy atom. The highest BCUT2D eigenvalue weighted by Crippen LogP contribution is 2.14. The van der Waals surface area contributed by atoms with E-state index in [2.05, 4.69) is 17.2 Å². The van der Waals surface area contributed by atoms with Gasteiger partial charge in [-0.05, 0) is 13.3 Å². The fourth-order valence-corrected chi connectivity index (χ4v) is 1.30. The molecule has 1 aliphatic rings. The average molecular weight is 196 g/mol. The first-order chi connectivity index (χ1) is 6.69. The molecule has 1 heterocycles. The molecular formula is C10H16N2O2. The summed E-state index contributed by atoms with van der Waals surface area (Å²) < 4.78 is 5.09. The predicted octanol–water partition coefficient (Wildman–Crippen LogP) is -0.366. The first kappa shape index (κ1) is 11.0. The predicted molar refractivity (Wildman–Crippen MR) is 53.4 cm³/mol. The molecule has 0 aliphatic carbocycles. The fourth-order valence-electron chi connectivity index (χ4n) is 1.30. The monoisotopic (exact) mass is 196 g/mol. The molecule has 1 aliphatic heterocycles. The number of hydrogen-bond acceptors (Lipinski definition) is 3. The Hall–Kier alpha value is -1.05. The zero-order chi connectivity index (χ0) is 10.4. The lowest BCUT2D eigenvalue weighted by Crippen LogP contribution is -2.54. The van der Waals surface area contributed by atoms with Crippen molar-refractivity contribution < 1.29 is 9.53 Å². The van der Waals surface area contributed by atoms with Crippen LogP contribution in [-0.4, -0.2) is 31.2 Å². The molecule has 0 aromatic heterocycles. The number of nitrogens with two attached hydrogens (primary N) is 1. The summed E-state index contributed by atoms with van der Waals surface area (Å²) in [6.45, 7) is 3.21. The van der Waals surface area contributed by atoms with Crippen LogP contribution in [0.5, 0.6) is 0 Å². The van der Waals surface area contributed by atoms with Crippen LogP contribution in [0.25, 0.3) is 0 Å². The summed E-state index contributed by atoms with van der Waals surface area (Å²) >= 11 is 0. The molecule has 0 bridgehead atoms.